The highest BCUT2D eigenvalue weighted by Crippen LogP contribution is 2.27. The lowest BCUT2D eigenvalue weighted by Crippen LogP contribution is -3.00. The second-order valence-corrected chi connectivity index (χ2v) is 6.35. The van der Waals surface area contributed by atoms with Crippen molar-refractivity contribution in [3.63, 3.8) is 0 Å². The van der Waals surface area contributed by atoms with E-state index in [0.717, 1.165) is 15.8 Å². The Kier molecular flexibility index (Phi) is 4.36. The van der Waals surface area contributed by atoms with E-state index in [2.05, 4.69) is 44.7 Å². The predicted molar refractivity (Wildman–Crippen MR) is 85.0 cm³/mol. The zero-order chi connectivity index (χ0) is 13.5. The largest absolute Gasteiger partial charge is 1.00 e. The number of hydrogen-bond donors (Lipinski definition) is 0. The van der Waals surface area contributed by atoms with Crippen LogP contribution in [0.1, 0.15) is 24.0 Å². The third-order valence-electron chi connectivity index (χ3n) is 4.06. The summed E-state index contributed by atoms with van der Waals surface area (Å²) in [6.07, 6.45) is 9.23. The summed E-state index contributed by atoms with van der Waals surface area (Å²) in [5, 5.41) is 0. The maximum absolute atomic E-state index is 4.72. The summed E-state index contributed by atoms with van der Waals surface area (Å²) in [7, 11) is 0. The van der Waals surface area contributed by atoms with E-state index >= 15 is 0 Å². The van der Waals surface area contributed by atoms with Gasteiger partial charge in [0, 0.05) is 22.4 Å². The van der Waals surface area contributed by atoms with Crippen LogP contribution in [0.5, 0.6) is 0 Å². The molecule has 2 nitrogen and oxygen atoms in total. The normalized spacial score (nSPS) is 13.8. The van der Waals surface area contributed by atoms with Crippen LogP contribution in [0.25, 0.3) is 16.9 Å². The lowest BCUT2D eigenvalue weighted by atomic mass is 9.90. The first kappa shape index (κ1) is 15.0. The first-order valence-electron chi connectivity index (χ1n) is 7.06. The van der Waals surface area contributed by atoms with Gasteiger partial charge in [-0.15, -0.1) is 0 Å². The van der Waals surface area contributed by atoms with Crippen LogP contribution >= 0.6 is 15.9 Å². The van der Waals surface area contributed by atoms with Crippen LogP contribution in [-0.2, 0) is 12.8 Å². The molecule has 1 aliphatic carbocycles. The third kappa shape index (κ3) is 2.88. The number of imidazole rings is 1. The van der Waals surface area contributed by atoms with Crippen molar-refractivity contribution in [2.75, 3.05) is 0 Å². The first-order valence-corrected chi connectivity index (χ1v) is 7.85. The average Bonchev–Trinajstić information content (AvgIpc) is 2.89. The van der Waals surface area contributed by atoms with Crippen LogP contribution in [0.3, 0.4) is 0 Å². The molecule has 0 aliphatic heterocycles. The van der Waals surface area contributed by atoms with Gasteiger partial charge in [-0.3, -0.25) is 0 Å². The minimum atomic E-state index is 0. The molecule has 0 amide bonds. The van der Waals surface area contributed by atoms with E-state index in [4.69, 9.17) is 4.98 Å². The quantitative estimate of drug-likeness (QED) is 0.512. The SMILES string of the molecule is Brc1ccc2nc(-c3ccc4c(c3)CCCC4)cn2c1.[I-]. The minimum Gasteiger partial charge on any atom is -1.00 e. The van der Waals surface area contributed by atoms with E-state index in [0.29, 0.717) is 0 Å². The molecule has 2 aromatic heterocycles. The lowest BCUT2D eigenvalue weighted by molar-refractivity contribution is -0.00000393. The highest BCUT2D eigenvalue weighted by Gasteiger charge is 2.11. The smallest absolute Gasteiger partial charge is 0.137 e. The topological polar surface area (TPSA) is 17.3 Å². The first-order chi connectivity index (χ1) is 9.79. The molecule has 0 saturated heterocycles. The van der Waals surface area contributed by atoms with E-state index < -0.39 is 0 Å². The van der Waals surface area contributed by atoms with Crippen molar-refractivity contribution >= 4 is 21.6 Å². The molecule has 0 N–H and O–H groups in total. The van der Waals surface area contributed by atoms with Crippen LogP contribution in [0.15, 0.2) is 47.2 Å². The predicted octanol–water partition coefficient (Wildman–Crippen LogP) is 1.65. The monoisotopic (exact) mass is 453 g/mol. The molecular formula is C17H15BrIN2-. The molecule has 0 bridgehead atoms. The van der Waals surface area contributed by atoms with Gasteiger partial charge in [0.25, 0.3) is 0 Å². The molecule has 0 unspecified atom stereocenters. The highest BCUT2D eigenvalue weighted by atomic mass is 127. The number of benzene rings is 1. The molecule has 0 radical (unpaired) electrons. The Morgan fingerprint density at radius 3 is 2.62 bits per heavy atom. The van der Waals surface area contributed by atoms with Crippen molar-refractivity contribution < 1.29 is 24.0 Å². The number of aryl methyl sites for hydroxylation is 2. The Balaban J connectivity index is 0.00000132. The summed E-state index contributed by atoms with van der Waals surface area (Å²) in [4.78, 5) is 4.72. The van der Waals surface area contributed by atoms with E-state index in [1.807, 2.05) is 18.3 Å². The fraction of sp³-hybridized carbons (Fsp3) is 0.235. The molecule has 2 heterocycles. The van der Waals surface area contributed by atoms with E-state index in [9.17, 15) is 0 Å². The molecule has 0 atom stereocenters. The van der Waals surface area contributed by atoms with E-state index in [-0.39, 0.29) is 24.0 Å². The summed E-state index contributed by atoms with van der Waals surface area (Å²) >= 11 is 3.50. The third-order valence-corrected chi connectivity index (χ3v) is 4.53. The molecule has 0 fully saturated rings. The zero-order valence-corrected chi connectivity index (χ0v) is 15.3. The highest BCUT2D eigenvalue weighted by molar-refractivity contribution is 9.10. The molecule has 4 heteroatoms. The van der Waals surface area contributed by atoms with Crippen molar-refractivity contribution in [1.82, 2.24) is 9.38 Å². The number of hydrogen-bond acceptors (Lipinski definition) is 1. The number of aromatic nitrogens is 2. The van der Waals surface area contributed by atoms with Crippen molar-refractivity contribution in [2.45, 2.75) is 25.7 Å². The number of halogens is 2. The van der Waals surface area contributed by atoms with Gasteiger partial charge in [0.05, 0.1) is 5.69 Å². The Morgan fingerprint density at radius 2 is 1.76 bits per heavy atom. The average molecular weight is 454 g/mol. The number of fused-ring (bicyclic) bond motifs is 2. The molecule has 0 saturated carbocycles. The second-order valence-electron chi connectivity index (χ2n) is 5.43. The fourth-order valence-electron chi connectivity index (χ4n) is 3.00. The zero-order valence-electron chi connectivity index (χ0n) is 11.5. The standard InChI is InChI=1S/C17H15BrN2.HI/c18-15-7-8-17-19-16(11-20(17)10-15)14-6-5-12-3-1-2-4-13(12)9-14;/h5-11H,1-4H2;1H/p-1. The summed E-state index contributed by atoms with van der Waals surface area (Å²) in [6, 6.07) is 10.9. The number of rotatable bonds is 1. The van der Waals surface area contributed by atoms with E-state index in [1.54, 1.807) is 0 Å². The van der Waals surface area contributed by atoms with Crippen molar-refractivity contribution in [1.29, 1.82) is 0 Å². The van der Waals surface area contributed by atoms with E-state index in [1.165, 1.54) is 42.4 Å². The maximum atomic E-state index is 4.72. The molecule has 0 spiro atoms. The van der Waals surface area contributed by atoms with Crippen LogP contribution < -0.4 is 24.0 Å². The van der Waals surface area contributed by atoms with Gasteiger partial charge in [-0.2, -0.15) is 0 Å². The molecule has 1 aliphatic rings. The van der Waals surface area contributed by atoms with Gasteiger partial charge < -0.3 is 28.4 Å². The lowest BCUT2D eigenvalue weighted by Gasteiger charge is -2.15. The number of pyridine rings is 1. The van der Waals surface area contributed by atoms with Gasteiger partial charge in [0.2, 0.25) is 0 Å². The van der Waals surface area contributed by atoms with Gasteiger partial charge in [0.1, 0.15) is 5.65 Å². The Labute approximate surface area is 149 Å². The molecule has 4 rings (SSSR count). The van der Waals surface area contributed by atoms with Crippen molar-refractivity contribution in [3.05, 3.63) is 58.3 Å². The van der Waals surface area contributed by atoms with Crippen LogP contribution in [0, 0.1) is 0 Å². The Morgan fingerprint density at radius 1 is 0.952 bits per heavy atom. The molecular weight excluding hydrogens is 439 g/mol. The Hall–Kier alpha value is -0.880. The summed E-state index contributed by atoms with van der Waals surface area (Å²) in [6.45, 7) is 0. The van der Waals surface area contributed by atoms with Gasteiger partial charge in [-0.25, -0.2) is 4.98 Å². The van der Waals surface area contributed by atoms with Gasteiger partial charge in [0.15, 0.2) is 0 Å². The van der Waals surface area contributed by atoms with Crippen LogP contribution in [0.2, 0.25) is 0 Å². The Bertz CT molecular complexity index is 795. The number of nitrogens with zero attached hydrogens (tertiary/aromatic N) is 2. The van der Waals surface area contributed by atoms with Gasteiger partial charge in [-0.1, -0.05) is 12.1 Å². The van der Waals surface area contributed by atoms with Gasteiger partial charge >= 0.3 is 0 Å². The molecule has 108 valence electrons. The van der Waals surface area contributed by atoms with Gasteiger partial charge in [-0.05, 0) is 70.9 Å². The van der Waals surface area contributed by atoms with Crippen molar-refractivity contribution in [3.8, 4) is 11.3 Å². The second kappa shape index (κ2) is 6.08. The molecule has 1 aromatic carbocycles. The summed E-state index contributed by atoms with van der Waals surface area (Å²) in [5.74, 6) is 0. The molecule has 3 aromatic rings. The van der Waals surface area contributed by atoms with Crippen molar-refractivity contribution in [2.24, 2.45) is 0 Å². The fourth-order valence-corrected chi connectivity index (χ4v) is 3.35. The van der Waals surface area contributed by atoms with Crippen LogP contribution in [0.4, 0.5) is 0 Å². The molecule has 21 heavy (non-hydrogen) atoms. The minimum absolute atomic E-state index is 0. The van der Waals surface area contributed by atoms with Crippen LogP contribution in [-0.4, -0.2) is 9.38 Å². The summed E-state index contributed by atoms with van der Waals surface area (Å²) < 4.78 is 3.14. The summed E-state index contributed by atoms with van der Waals surface area (Å²) in [5.41, 5.74) is 6.29. The maximum Gasteiger partial charge on any atom is 0.137 e.